The second-order valence-corrected chi connectivity index (χ2v) is 3.81. The summed E-state index contributed by atoms with van der Waals surface area (Å²) in [6.07, 6.45) is 1.74. The topological polar surface area (TPSA) is 25.2 Å². The summed E-state index contributed by atoms with van der Waals surface area (Å²) < 4.78 is 12.8. The monoisotopic (exact) mass is 228 g/mol. The number of aromatic nitrogens is 1. The maximum Gasteiger partial charge on any atom is 0.123 e. The molecular formula is C14H13FN2. The minimum Gasteiger partial charge on any atom is -0.259 e. The summed E-state index contributed by atoms with van der Waals surface area (Å²) in [4.78, 5) is 8.66. The number of benzene rings is 1. The zero-order valence-electron chi connectivity index (χ0n) is 9.81. The van der Waals surface area contributed by atoms with E-state index in [2.05, 4.69) is 9.98 Å². The minimum atomic E-state index is -0.237. The molecular weight excluding hydrogens is 215 g/mol. The van der Waals surface area contributed by atoms with Gasteiger partial charge in [0.05, 0.1) is 11.4 Å². The van der Waals surface area contributed by atoms with Gasteiger partial charge in [-0.25, -0.2) is 4.39 Å². The van der Waals surface area contributed by atoms with Crippen LogP contribution >= 0.6 is 0 Å². The first-order valence-electron chi connectivity index (χ1n) is 5.39. The van der Waals surface area contributed by atoms with Gasteiger partial charge < -0.3 is 0 Å². The zero-order chi connectivity index (χ0) is 12.3. The van der Waals surface area contributed by atoms with Crippen LogP contribution in [0, 0.1) is 12.7 Å². The zero-order valence-corrected chi connectivity index (χ0v) is 9.81. The smallest absolute Gasteiger partial charge is 0.123 e. The van der Waals surface area contributed by atoms with Crippen molar-refractivity contribution in [3.63, 3.8) is 0 Å². The van der Waals surface area contributed by atoms with E-state index < -0.39 is 0 Å². The summed E-state index contributed by atoms with van der Waals surface area (Å²) in [6.45, 7) is 3.82. The number of halogens is 1. The molecule has 0 aliphatic heterocycles. The van der Waals surface area contributed by atoms with E-state index in [0.29, 0.717) is 0 Å². The Hall–Kier alpha value is -2.03. The van der Waals surface area contributed by atoms with Crippen LogP contribution in [0.25, 0.3) is 0 Å². The van der Waals surface area contributed by atoms with E-state index in [0.717, 1.165) is 22.7 Å². The Labute approximate surface area is 99.9 Å². The normalized spacial score (nSPS) is 11.6. The summed E-state index contributed by atoms with van der Waals surface area (Å²) in [5, 5.41) is 0. The molecule has 0 aliphatic rings. The van der Waals surface area contributed by atoms with Gasteiger partial charge in [-0.3, -0.25) is 9.98 Å². The second kappa shape index (κ2) is 4.87. The fourth-order valence-electron chi connectivity index (χ4n) is 1.53. The maximum absolute atomic E-state index is 12.8. The lowest BCUT2D eigenvalue weighted by atomic mass is 10.1. The summed E-state index contributed by atoms with van der Waals surface area (Å²) in [5.41, 5.74) is 3.49. The van der Waals surface area contributed by atoms with Gasteiger partial charge in [-0.2, -0.15) is 0 Å². The number of aryl methyl sites for hydroxylation is 1. The van der Waals surface area contributed by atoms with Gasteiger partial charge >= 0.3 is 0 Å². The lowest BCUT2D eigenvalue weighted by Gasteiger charge is -2.02. The number of hydrogen-bond acceptors (Lipinski definition) is 2. The highest BCUT2D eigenvalue weighted by Gasteiger charge is 2.00. The maximum atomic E-state index is 12.8. The third-order valence-electron chi connectivity index (χ3n) is 2.53. The molecule has 0 bridgehead atoms. The fourth-order valence-corrected chi connectivity index (χ4v) is 1.53. The first kappa shape index (κ1) is 11.5. The van der Waals surface area contributed by atoms with E-state index in [1.54, 1.807) is 18.3 Å². The van der Waals surface area contributed by atoms with Crippen LogP contribution in [-0.4, -0.2) is 10.7 Å². The van der Waals surface area contributed by atoms with E-state index in [9.17, 15) is 4.39 Å². The quantitative estimate of drug-likeness (QED) is 0.720. The van der Waals surface area contributed by atoms with Crippen molar-refractivity contribution in [1.82, 2.24) is 4.98 Å². The molecule has 3 heteroatoms. The van der Waals surface area contributed by atoms with Crippen LogP contribution in [-0.2, 0) is 0 Å². The predicted octanol–water partition coefficient (Wildman–Crippen LogP) is 3.67. The van der Waals surface area contributed by atoms with Crippen molar-refractivity contribution in [1.29, 1.82) is 0 Å². The van der Waals surface area contributed by atoms with Gasteiger partial charge in [0.15, 0.2) is 0 Å². The lowest BCUT2D eigenvalue weighted by molar-refractivity contribution is 0.628. The Morgan fingerprint density at radius 3 is 2.53 bits per heavy atom. The third kappa shape index (κ3) is 2.75. The van der Waals surface area contributed by atoms with E-state index >= 15 is 0 Å². The average Bonchev–Trinajstić information content (AvgIpc) is 2.33. The Bertz CT molecular complexity index is 544. The van der Waals surface area contributed by atoms with Crippen molar-refractivity contribution in [2.45, 2.75) is 13.8 Å². The van der Waals surface area contributed by atoms with Gasteiger partial charge in [-0.05, 0) is 43.7 Å². The van der Waals surface area contributed by atoms with Gasteiger partial charge in [0.1, 0.15) is 5.82 Å². The third-order valence-corrected chi connectivity index (χ3v) is 2.53. The molecule has 0 unspecified atom stereocenters. The van der Waals surface area contributed by atoms with Crippen LogP contribution in [0.4, 0.5) is 10.1 Å². The van der Waals surface area contributed by atoms with Crippen molar-refractivity contribution in [3.05, 3.63) is 59.7 Å². The molecule has 0 fully saturated rings. The number of hydrogen-bond donors (Lipinski definition) is 0. The Balaban J connectivity index is 2.34. The molecule has 0 atom stereocenters. The Kier molecular flexibility index (Phi) is 3.28. The molecule has 0 amide bonds. The molecule has 86 valence electrons. The highest BCUT2D eigenvalue weighted by molar-refractivity contribution is 6.00. The standard InChI is InChI=1S/C14H13FN2/c1-10(12-5-7-13(15)8-6-12)17-14-4-3-9-16-11(14)2/h3-9H,1-2H3. The molecule has 1 aromatic heterocycles. The molecule has 0 aliphatic carbocycles. The van der Waals surface area contributed by atoms with E-state index in [-0.39, 0.29) is 5.82 Å². The number of nitrogens with zero attached hydrogens (tertiary/aromatic N) is 2. The second-order valence-electron chi connectivity index (χ2n) is 3.81. The number of aliphatic imine (C=N–C) groups is 1. The van der Waals surface area contributed by atoms with Gasteiger partial charge in [0, 0.05) is 11.9 Å². The summed E-state index contributed by atoms with van der Waals surface area (Å²) in [7, 11) is 0. The van der Waals surface area contributed by atoms with Gasteiger partial charge in [-0.1, -0.05) is 12.1 Å². The molecule has 0 radical (unpaired) electrons. The van der Waals surface area contributed by atoms with Crippen molar-refractivity contribution >= 4 is 11.4 Å². The van der Waals surface area contributed by atoms with E-state index in [1.165, 1.54) is 12.1 Å². The largest absolute Gasteiger partial charge is 0.259 e. The van der Waals surface area contributed by atoms with Crippen molar-refractivity contribution in [3.8, 4) is 0 Å². The molecule has 0 N–H and O–H groups in total. The fraction of sp³-hybridized carbons (Fsp3) is 0.143. The van der Waals surface area contributed by atoms with Crippen LogP contribution in [0.1, 0.15) is 18.2 Å². The molecule has 0 saturated heterocycles. The number of pyridine rings is 1. The summed E-state index contributed by atoms with van der Waals surface area (Å²) in [6, 6.07) is 10.1. The SMILES string of the molecule is CC(=Nc1cccnc1C)c1ccc(F)cc1. The molecule has 2 rings (SSSR count). The summed E-state index contributed by atoms with van der Waals surface area (Å²) in [5.74, 6) is -0.237. The van der Waals surface area contributed by atoms with Crippen LogP contribution < -0.4 is 0 Å². The highest BCUT2D eigenvalue weighted by Crippen LogP contribution is 2.16. The molecule has 0 spiro atoms. The predicted molar refractivity (Wildman–Crippen MR) is 67.2 cm³/mol. The van der Waals surface area contributed by atoms with Crippen molar-refractivity contribution in [2.24, 2.45) is 4.99 Å². The van der Waals surface area contributed by atoms with Crippen LogP contribution in [0.2, 0.25) is 0 Å². The van der Waals surface area contributed by atoms with E-state index in [1.807, 2.05) is 26.0 Å². The highest BCUT2D eigenvalue weighted by atomic mass is 19.1. The van der Waals surface area contributed by atoms with E-state index in [4.69, 9.17) is 0 Å². The van der Waals surface area contributed by atoms with Gasteiger partial charge in [-0.15, -0.1) is 0 Å². The molecule has 2 aromatic rings. The van der Waals surface area contributed by atoms with Crippen LogP contribution in [0.3, 0.4) is 0 Å². The Morgan fingerprint density at radius 2 is 1.88 bits per heavy atom. The van der Waals surface area contributed by atoms with Crippen LogP contribution in [0.5, 0.6) is 0 Å². The lowest BCUT2D eigenvalue weighted by Crippen LogP contribution is -1.94. The first-order valence-corrected chi connectivity index (χ1v) is 5.39. The Morgan fingerprint density at radius 1 is 1.18 bits per heavy atom. The molecule has 0 saturated carbocycles. The average molecular weight is 228 g/mol. The van der Waals surface area contributed by atoms with Crippen LogP contribution in [0.15, 0.2) is 47.6 Å². The van der Waals surface area contributed by atoms with Crippen molar-refractivity contribution in [2.75, 3.05) is 0 Å². The molecule has 17 heavy (non-hydrogen) atoms. The van der Waals surface area contributed by atoms with Gasteiger partial charge in [0.2, 0.25) is 0 Å². The van der Waals surface area contributed by atoms with Gasteiger partial charge in [0.25, 0.3) is 0 Å². The first-order chi connectivity index (χ1) is 8.16. The molecule has 2 nitrogen and oxygen atoms in total. The minimum absolute atomic E-state index is 0.237. The number of rotatable bonds is 2. The molecule has 1 heterocycles. The van der Waals surface area contributed by atoms with Crippen molar-refractivity contribution < 1.29 is 4.39 Å². The summed E-state index contributed by atoms with van der Waals surface area (Å²) >= 11 is 0. The molecule has 1 aromatic carbocycles.